The van der Waals surface area contributed by atoms with Crippen molar-refractivity contribution in [2.45, 2.75) is 18.8 Å². The number of aromatic nitrogens is 2. The summed E-state index contributed by atoms with van der Waals surface area (Å²) in [7, 11) is 0. The minimum absolute atomic E-state index is 0.0976. The second kappa shape index (κ2) is 8.10. The molecular weight excluding hydrogens is 368 g/mol. The molecular formula is C22H20N4O3. The number of fused-ring (bicyclic) bond motifs is 1. The zero-order valence-electron chi connectivity index (χ0n) is 15.7. The van der Waals surface area contributed by atoms with Gasteiger partial charge >= 0.3 is 5.97 Å². The Hall–Kier alpha value is -3.74. The molecule has 1 unspecified atom stereocenters. The van der Waals surface area contributed by atoms with Gasteiger partial charge in [-0.05, 0) is 29.0 Å². The monoisotopic (exact) mass is 388 g/mol. The molecule has 1 aliphatic carbocycles. The molecule has 3 N–H and O–H groups in total. The third kappa shape index (κ3) is 4.08. The summed E-state index contributed by atoms with van der Waals surface area (Å²) < 4.78 is 0. The molecule has 0 spiro atoms. The van der Waals surface area contributed by atoms with Gasteiger partial charge < -0.3 is 15.7 Å². The van der Waals surface area contributed by atoms with E-state index in [0.717, 1.165) is 22.4 Å². The number of rotatable bonds is 5. The summed E-state index contributed by atoms with van der Waals surface area (Å²) >= 11 is 0. The summed E-state index contributed by atoms with van der Waals surface area (Å²) in [6.45, 7) is -0.500. The van der Waals surface area contributed by atoms with Gasteiger partial charge in [0.25, 0.3) is 0 Å². The number of hydrogen-bond acceptors (Lipinski definition) is 6. The van der Waals surface area contributed by atoms with Gasteiger partial charge in [0.05, 0.1) is 11.4 Å². The molecule has 29 heavy (non-hydrogen) atoms. The Labute approximate surface area is 167 Å². The molecule has 0 saturated carbocycles. The van der Waals surface area contributed by atoms with Crippen LogP contribution in [-0.2, 0) is 16.1 Å². The van der Waals surface area contributed by atoms with Crippen LogP contribution in [0.2, 0.25) is 0 Å². The number of aliphatic carboxylic acids is 1. The molecule has 1 aliphatic rings. The quantitative estimate of drug-likeness (QED) is 0.649. The fraction of sp³-hybridized carbons (Fsp3) is 0.182. The maximum atomic E-state index is 10.8. The van der Waals surface area contributed by atoms with Gasteiger partial charge in [0, 0.05) is 18.2 Å². The van der Waals surface area contributed by atoms with Crippen LogP contribution in [0.5, 0.6) is 0 Å². The number of oxime groups is 1. The van der Waals surface area contributed by atoms with Crippen LogP contribution < -0.4 is 5.73 Å². The fourth-order valence-corrected chi connectivity index (χ4v) is 3.68. The summed E-state index contributed by atoms with van der Waals surface area (Å²) in [4.78, 5) is 24.3. The maximum absolute atomic E-state index is 10.8. The molecule has 1 aromatic heterocycles. The van der Waals surface area contributed by atoms with E-state index < -0.39 is 12.6 Å². The van der Waals surface area contributed by atoms with Crippen LogP contribution in [-0.4, -0.2) is 33.4 Å². The Balaban J connectivity index is 1.74. The van der Waals surface area contributed by atoms with Gasteiger partial charge in [0.1, 0.15) is 0 Å². The Morgan fingerprint density at radius 1 is 1.10 bits per heavy atom. The number of nitrogens with two attached hydrogens (primary N) is 1. The molecule has 7 heteroatoms. The van der Waals surface area contributed by atoms with Gasteiger partial charge in [-0.1, -0.05) is 59.8 Å². The standard InChI is InChI=1S/C22H20N4O3/c23-22-24-12-18-19(25-22)10-15(11-20(18)26-29-13-21(27)28)17-9-5-4-8-16(17)14-6-2-1-3-7-14/h1-9,12,15H,10-11,13H2,(H,27,28)(H2,23,24,25). The summed E-state index contributed by atoms with van der Waals surface area (Å²) in [5.41, 5.74) is 11.4. The van der Waals surface area contributed by atoms with Crippen LogP contribution in [0.4, 0.5) is 5.95 Å². The van der Waals surface area contributed by atoms with Crippen LogP contribution in [0.3, 0.4) is 0 Å². The zero-order chi connectivity index (χ0) is 20.2. The van der Waals surface area contributed by atoms with Crippen LogP contribution in [0.25, 0.3) is 11.1 Å². The number of benzene rings is 2. The average Bonchev–Trinajstić information content (AvgIpc) is 2.73. The van der Waals surface area contributed by atoms with E-state index in [1.54, 1.807) is 6.20 Å². The molecule has 3 aromatic rings. The number of hydrogen-bond donors (Lipinski definition) is 2. The van der Waals surface area contributed by atoms with Crippen molar-refractivity contribution < 1.29 is 14.7 Å². The number of carboxylic acid groups (broad SMARTS) is 1. The molecule has 0 aliphatic heterocycles. The van der Waals surface area contributed by atoms with Crippen molar-refractivity contribution in [1.82, 2.24) is 9.97 Å². The van der Waals surface area contributed by atoms with E-state index in [2.05, 4.69) is 39.4 Å². The highest BCUT2D eigenvalue weighted by Crippen LogP contribution is 2.37. The second-order valence-corrected chi connectivity index (χ2v) is 6.85. The van der Waals surface area contributed by atoms with Crippen molar-refractivity contribution >= 4 is 17.6 Å². The number of nitrogens with zero attached hydrogens (tertiary/aromatic N) is 3. The Kier molecular flexibility index (Phi) is 5.20. The highest BCUT2D eigenvalue weighted by Gasteiger charge is 2.28. The minimum Gasteiger partial charge on any atom is -0.479 e. The maximum Gasteiger partial charge on any atom is 0.344 e. The first-order chi connectivity index (χ1) is 14.1. The van der Waals surface area contributed by atoms with Crippen molar-refractivity contribution in [3.8, 4) is 11.1 Å². The van der Waals surface area contributed by atoms with E-state index in [-0.39, 0.29) is 11.9 Å². The molecule has 0 bridgehead atoms. The number of carboxylic acids is 1. The molecule has 2 aromatic carbocycles. The smallest absolute Gasteiger partial charge is 0.344 e. The molecule has 4 rings (SSSR count). The van der Waals surface area contributed by atoms with Gasteiger partial charge in [-0.15, -0.1) is 0 Å². The van der Waals surface area contributed by atoms with Crippen LogP contribution in [0.15, 0.2) is 65.9 Å². The SMILES string of the molecule is Nc1ncc2c(n1)CC(c1ccccc1-c1ccccc1)CC2=NOCC(=O)O. The topological polar surface area (TPSA) is 111 Å². The summed E-state index contributed by atoms with van der Waals surface area (Å²) in [5.74, 6) is -0.781. The molecule has 0 radical (unpaired) electrons. The summed E-state index contributed by atoms with van der Waals surface area (Å²) in [5, 5.41) is 12.9. The summed E-state index contributed by atoms with van der Waals surface area (Å²) in [6, 6.07) is 18.4. The predicted molar refractivity (Wildman–Crippen MR) is 110 cm³/mol. The number of nitrogen functional groups attached to an aromatic ring is 1. The molecule has 0 fully saturated rings. The minimum atomic E-state index is -1.08. The predicted octanol–water partition coefficient (Wildman–Crippen LogP) is 3.26. The number of carbonyl (C=O) groups is 1. The first-order valence-corrected chi connectivity index (χ1v) is 9.28. The lowest BCUT2D eigenvalue weighted by Gasteiger charge is -2.26. The van der Waals surface area contributed by atoms with E-state index in [1.165, 1.54) is 5.56 Å². The van der Waals surface area contributed by atoms with Gasteiger partial charge in [0.15, 0.2) is 0 Å². The summed E-state index contributed by atoms with van der Waals surface area (Å²) in [6.07, 6.45) is 2.90. The normalized spacial score (nSPS) is 17.0. The molecule has 1 atom stereocenters. The van der Waals surface area contributed by atoms with Gasteiger partial charge in [0.2, 0.25) is 12.6 Å². The first kappa shape index (κ1) is 18.6. The molecule has 0 saturated heterocycles. The Bertz CT molecular complexity index is 1070. The van der Waals surface area contributed by atoms with E-state index in [4.69, 9.17) is 15.7 Å². The lowest BCUT2D eigenvalue weighted by molar-refractivity contribution is -0.142. The largest absolute Gasteiger partial charge is 0.479 e. The Morgan fingerprint density at radius 2 is 1.86 bits per heavy atom. The Morgan fingerprint density at radius 3 is 2.66 bits per heavy atom. The molecule has 7 nitrogen and oxygen atoms in total. The van der Waals surface area contributed by atoms with Crippen molar-refractivity contribution in [3.05, 3.63) is 77.6 Å². The van der Waals surface area contributed by atoms with Crippen LogP contribution in [0.1, 0.15) is 29.2 Å². The fourth-order valence-electron chi connectivity index (χ4n) is 3.68. The molecule has 0 amide bonds. The van der Waals surface area contributed by atoms with Crippen molar-refractivity contribution in [3.63, 3.8) is 0 Å². The first-order valence-electron chi connectivity index (χ1n) is 9.28. The van der Waals surface area contributed by atoms with Gasteiger partial charge in [-0.2, -0.15) is 0 Å². The van der Waals surface area contributed by atoms with Gasteiger partial charge in [-0.25, -0.2) is 14.8 Å². The zero-order valence-corrected chi connectivity index (χ0v) is 15.7. The highest BCUT2D eigenvalue weighted by molar-refractivity contribution is 6.02. The second-order valence-electron chi connectivity index (χ2n) is 6.85. The van der Waals surface area contributed by atoms with Crippen molar-refractivity contribution in [2.75, 3.05) is 12.3 Å². The molecule has 146 valence electrons. The van der Waals surface area contributed by atoms with Crippen molar-refractivity contribution in [1.29, 1.82) is 0 Å². The third-order valence-corrected chi connectivity index (χ3v) is 4.92. The lowest BCUT2D eigenvalue weighted by atomic mass is 9.79. The highest BCUT2D eigenvalue weighted by atomic mass is 16.6. The van der Waals surface area contributed by atoms with Crippen LogP contribution >= 0.6 is 0 Å². The third-order valence-electron chi connectivity index (χ3n) is 4.92. The number of anilines is 1. The lowest BCUT2D eigenvalue weighted by Crippen LogP contribution is -2.23. The molecule has 1 heterocycles. The van der Waals surface area contributed by atoms with E-state index in [0.29, 0.717) is 18.6 Å². The van der Waals surface area contributed by atoms with E-state index >= 15 is 0 Å². The van der Waals surface area contributed by atoms with Crippen molar-refractivity contribution in [2.24, 2.45) is 5.16 Å². The van der Waals surface area contributed by atoms with E-state index in [1.807, 2.05) is 30.3 Å². The van der Waals surface area contributed by atoms with Gasteiger partial charge in [-0.3, -0.25) is 0 Å². The van der Waals surface area contributed by atoms with Crippen LogP contribution in [0, 0.1) is 0 Å². The average molecular weight is 388 g/mol. The van der Waals surface area contributed by atoms with E-state index in [9.17, 15) is 4.79 Å².